The van der Waals surface area contributed by atoms with Crippen LogP contribution >= 0.6 is 38.5 Å². The number of piperidine rings is 1. The van der Waals surface area contributed by atoms with Crippen molar-refractivity contribution >= 4 is 44.4 Å². The SMILES string of the molecule is O=C(c1ccc(I)cc1)N1CCCC(CBr)C1. The van der Waals surface area contributed by atoms with E-state index < -0.39 is 0 Å². The van der Waals surface area contributed by atoms with E-state index >= 15 is 0 Å². The minimum Gasteiger partial charge on any atom is -0.338 e. The molecule has 2 rings (SSSR count). The Morgan fingerprint density at radius 2 is 2.12 bits per heavy atom. The van der Waals surface area contributed by atoms with Gasteiger partial charge < -0.3 is 4.90 Å². The van der Waals surface area contributed by atoms with E-state index in [1.54, 1.807) is 0 Å². The Bertz CT molecular complexity index is 393. The summed E-state index contributed by atoms with van der Waals surface area (Å²) in [5.74, 6) is 0.781. The van der Waals surface area contributed by atoms with Crippen LogP contribution in [0, 0.1) is 9.49 Å². The molecule has 1 fully saturated rings. The van der Waals surface area contributed by atoms with E-state index in [0.29, 0.717) is 5.92 Å². The topological polar surface area (TPSA) is 20.3 Å². The number of amides is 1. The molecule has 0 N–H and O–H groups in total. The molecule has 1 unspecified atom stereocenters. The van der Waals surface area contributed by atoms with Crippen LogP contribution in [0.5, 0.6) is 0 Å². The Balaban J connectivity index is 2.06. The lowest BCUT2D eigenvalue weighted by molar-refractivity contribution is 0.0686. The summed E-state index contributed by atoms with van der Waals surface area (Å²) in [6.07, 6.45) is 2.34. The van der Waals surface area contributed by atoms with Crippen molar-refractivity contribution < 1.29 is 4.79 Å². The third-order valence-electron chi connectivity index (χ3n) is 3.12. The number of likely N-dealkylation sites (tertiary alicyclic amines) is 1. The first-order chi connectivity index (χ1) is 8.20. The zero-order valence-corrected chi connectivity index (χ0v) is 13.3. The molecule has 1 aromatic rings. The van der Waals surface area contributed by atoms with E-state index in [4.69, 9.17) is 0 Å². The fraction of sp³-hybridized carbons (Fsp3) is 0.462. The third kappa shape index (κ3) is 3.44. The number of alkyl halides is 1. The van der Waals surface area contributed by atoms with Gasteiger partial charge in [0.15, 0.2) is 0 Å². The number of hydrogen-bond donors (Lipinski definition) is 0. The van der Waals surface area contributed by atoms with E-state index in [9.17, 15) is 4.79 Å². The van der Waals surface area contributed by atoms with Crippen LogP contribution < -0.4 is 0 Å². The van der Waals surface area contributed by atoms with Crippen LogP contribution in [-0.4, -0.2) is 29.2 Å². The highest BCUT2D eigenvalue weighted by Gasteiger charge is 2.23. The van der Waals surface area contributed by atoms with E-state index in [1.165, 1.54) is 6.42 Å². The average Bonchev–Trinajstić information content (AvgIpc) is 2.39. The highest BCUT2D eigenvalue weighted by molar-refractivity contribution is 14.1. The fourth-order valence-electron chi connectivity index (χ4n) is 2.15. The predicted molar refractivity (Wildman–Crippen MR) is 81.6 cm³/mol. The Hall–Kier alpha value is -0.100. The van der Waals surface area contributed by atoms with Crippen molar-refractivity contribution in [1.29, 1.82) is 0 Å². The number of rotatable bonds is 2. The summed E-state index contributed by atoms with van der Waals surface area (Å²) < 4.78 is 1.16. The molecule has 0 spiro atoms. The molecule has 0 aromatic heterocycles. The van der Waals surface area contributed by atoms with Gasteiger partial charge in [-0.05, 0) is 65.6 Å². The molecule has 1 heterocycles. The number of hydrogen-bond acceptors (Lipinski definition) is 1. The summed E-state index contributed by atoms with van der Waals surface area (Å²) in [6, 6.07) is 7.81. The van der Waals surface area contributed by atoms with E-state index in [-0.39, 0.29) is 5.91 Å². The second kappa shape index (κ2) is 6.18. The van der Waals surface area contributed by atoms with Gasteiger partial charge in [0, 0.05) is 27.6 Å². The molecule has 0 saturated carbocycles. The summed E-state index contributed by atoms with van der Waals surface area (Å²) in [7, 11) is 0. The van der Waals surface area contributed by atoms with Gasteiger partial charge in [0.1, 0.15) is 0 Å². The lowest BCUT2D eigenvalue weighted by Crippen LogP contribution is -2.40. The van der Waals surface area contributed by atoms with Crippen LogP contribution in [0.3, 0.4) is 0 Å². The van der Waals surface area contributed by atoms with Crippen molar-refractivity contribution in [1.82, 2.24) is 4.90 Å². The zero-order chi connectivity index (χ0) is 12.3. The molecule has 92 valence electrons. The molecule has 1 atom stereocenters. The number of benzene rings is 1. The Morgan fingerprint density at radius 1 is 1.41 bits per heavy atom. The maximum Gasteiger partial charge on any atom is 0.253 e. The zero-order valence-electron chi connectivity index (χ0n) is 9.53. The molecule has 4 heteroatoms. The summed E-state index contributed by atoms with van der Waals surface area (Å²) >= 11 is 5.77. The predicted octanol–water partition coefficient (Wildman–Crippen LogP) is 3.54. The van der Waals surface area contributed by atoms with Crippen molar-refractivity contribution in [2.24, 2.45) is 5.92 Å². The molecule has 1 saturated heterocycles. The van der Waals surface area contributed by atoms with E-state index in [1.807, 2.05) is 29.2 Å². The van der Waals surface area contributed by atoms with Gasteiger partial charge in [-0.25, -0.2) is 0 Å². The smallest absolute Gasteiger partial charge is 0.253 e. The maximum absolute atomic E-state index is 12.3. The van der Waals surface area contributed by atoms with Gasteiger partial charge in [-0.1, -0.05) is 15.9 Å². The van der Waals surface area contributed by atoms with Gasteiger partial charge in [0.25, 0.3) is 5.91 Å². The molecular weight excluding hydrogens is 393 g/mol. The standard InChI is InChI=1S/C13H15BrINO/c14-8-10-2-1-7-16(9-10)13(17)11-3-5-12(15)6-4-11/h3-6,10H,1-2,7-9H2. The maximum atomic E-state index is 12.3. The summed E-state index contributed by atoms with van der Waals surface area (Å²) in [4.78, 5) is 14.3. The average molecular weight is 408 g/mol. The minimum atomic E-state index is 0.173. The van der Waals surface area contributed by atoms with Gasteiger partial charge in [-0.2, -0.15) is 0 Å². The Morgan fingerprint density at radius 3 is 2.76 bits per heavy atom. The van der Waals surface area contributed by atoms with Crippen LogP contribution in [-0.2, 0) is 0 Å². The normalized spacial score (nSPS) is 20.4. The lowest BCUT2D eigenvalue weighted by Gasteiger charge is -2.32. The summed E-state index contributed by atoms with van der Waals surface area (Å²) in [5, 5.41) is 0.990. The van der Waals surface area contributed by atoms with Crippen LogP contribution in [0.4, 0.5) is 0 Å². The van der Waals surface area contributed by atoms with Crippen LogP contribution in [0.2, 0.25) is 0 Å². The molecule has 17 heavy (non-hydrogen) atoms. The summed E-state index contributed by atoms with van der Waals surface area (Å²) in [5.41, 5.74) is 0.806. The molecule has 1 aliphatic heterocycles. The molecular formula is C13H15BrINO. The molecule has 0 radical (unpaired) electrons. The molecule has 1 aliphatic rings. The van der Waals surface area contributed by atoms with Crippen molar-refractivity contribution in [2.75, 3.05) is 18.4 Å². The summed E-state index contributed by atoms with van der Waals surface area (Å²) in [6.45, 7) is 1.78. The molecule has 0 aliphatic carbocycles. The monoisotopic (exact) mass is 407 g/mol. The van der Waals surface area contributed by atoms with Gasteiger partial charge in [0.05, 0.1) is 0 Å². The first-order valence-electron chi connectivity index (χ1n) is 5.81. The van der Waals surface area contributed by atoms with Crippen LogP contribution in [0.15, 0.2) is 24.3 Å². The Labute approximate surface area is 124 Å². The number of nitrogens with zero attached hydrogens (tertiary/aromatic N) is 1. The number of carbonyl (C=O) groups excluding carboxylic acids is 1. The van der Waals surface area contributed by atoms with E-state index in [2.05, 4.69) is 38.5 Å². The lowest BCUT2D eigenvalue weighted by atomic mass is 9.99. The first kappa shape index (κ1) is 13.3. The quantitative estimate of drug-likeness (QED) is 0.542. The third-order valence-corrected chi connectivity index (χ3v) is 4.75. The van der Waals surface area contributed by atoms with Gasteiger partial charge in [-0.15, -0.1) is 0 Å². The van der Waals surface area contributed by atoms with Crippen LogP contribution in [0.25, 0.3) is 0 Å². The number of halogens is 2. The van der Waals surface area contributed by atoms with Crippen molar-refractivity contribution in [3.8, 4) is 0 Å². The second-order valence-electron chi connectivity index (χ2n) is 4.42. The van der Waals surface area contributed by atoms with Crippen LogP contribution in [0.1, 0.15) is 23.2 Å². The van der Waals surface area contributed by atoms with Crippen molar-refractivity contribution in [3.63, 3.8) is 0 Å². The molecule has 1 amide bonds. The Kier molecular flexibility index (Phi) is 4.85. The van der Waals surface area contributed by atoms with Gasteiger partial charge >= 0.3 is 0 Å². The second-order valence-corrected chi connectivity index (χ2v) is 6.31. The number of carbonyl (C=O) groups is 1. The highest BCUT2D eigenvalue weighted by atomic mass is 127. The van der Waals surface area contributed by atoms with Gasteiger partial charge in [-0.3, -0.25) is 4.79 Å². The molecule has 1 aromatic carbocycles. The largest absolute Gasteiger partial charge is 0.338 e. The molecule has 0 bridgehead atoms. The highest BCUT2D eigenvalue weighted by Crippen LogP contribution is 2.20. The van der Waals surface area contributed by atoms with Crippen molar-refractivity contribution in [3.05, 3.63) is 33.4 Å². The molecule has 2 nitrogen and oxygen atoms in total. The minimum absolute atomic E-state index is 0.173. The van der Waals surface area contributed by atoms with E-state index in [0.717, 1.165) is 34.0 Å². The van der Waals surface area contributed by atoms with Gasteiger partial charge in [0.2, 0.25) is 0 Å². The fourth-order valence-corrected chi connectivity index (χ4v) is 3.04. The van der Waals surface area contributed by atoms with Crippen molar-refractivity contribution in [2.45, 2.75) is 12.8 Å². The first-order valence-corrected chi connectivity index (χ1v) is 8.01.